The molecule has 1 aliphatic heterocycles. The highest BCUT2D eigenvalue weighted by molar-refractivity contribution is 7.80. The first-order valence-corrected chi connectivity index (χ1v) is 10.8. The number of nitrogens with zero attached hydrogens (tertiary/aromatic N) is 2. The van der Waals surface area contributed by atoms with Gasteiger partial charge in [-0.1, -0.05) is 17.7 Å². The van der Waals surface area contributed by atoms with Crippen molar-refractivity contribution in [2.24, 2.45) is 0 Å². The summed E-state index contributed by atoms with van der Waals surface area (Å²) in [6, 6.07) is 15.0. The second kappa shape index (κ2) is 8.59. The number of hydrogen-bond acceptors (Lipinski definition) is 5. The molecule has 0 spiro atoms. The first-order valence-electron chi connectivity index (χ1n) is 9.19. The predicted octanol–water partition coefficient (Wildman–Crippen LogP) is 4.94. The third-order valence-corrected chi connectivity index (χ3v) is 6.37. The van der Waals surface area contributed by atoms with Crippen LogP contribution in [0.4, 0.5) is 11.4 Å². The molecule has 1 aromatic carbocycles. The van der Waals surface area contributed by atoms with Crippen LogP contribution in [0.1, 0.15) is 29.6 Å². The molecule has 4 rings (SSSR count). The fourth-order valence-electron chi connectivity index (χ4n) is 3.54. The molecule has 2 N–H and O–H groups in total. The summed E-state index contributed by atoms with van der Waals surface area (Å²) < 4.78 is 6.09. The fraction of sp³-hybridized carbons (Fsp3) is 0.190. The van der Waals surface area contributed by atoms with E-state index < -0.39 is 0 Å². The molecule has 6 nitrogen and oxygen atoms in total. The zero-order valence-corrected chi connectivity index (χ0v) is 18.6. The van der Waals surface area contributed by atoms with Crippen molar-refractivity contribution in [3.05, 3.63) is 69.6 Å². The monoisotopic (exact) mass is 458 g/mol. The maximum Gasteiger partial charge on any atom is 0.221 e. The number of nitrogens with one attached hydrogen (secondary N) is 2. The van der Waals surface area contributed by atoms with Gasteiger partial charge in [0, 0.05) is 23.7 Å². The smallest absolute Gasteiger partial charge is 0.221 e. The van der Waals surface area contributed by atoms with Gasteiger partial charge in [-0.2, -0.15) is 0 Å². The van der Waals surface area contributed by atoms with Crippen molar-refractivity contribution in [1.82, 2.24) is 10.3 Å². The van der Waals surface area contributed by atoms with Crippen LogP contribution in [0.5, 0.6) is 5.75 Å². The average Bonchev–Trinajstić information content (AvgIpc) is 3.31. The minimum absolute atomic E-state index is 0.150. The minimum Gasteiger partial charge on any atom is -0.495 e. The van der Waals surface area contributed by atoms with E-state index in [1.165, 1.54) is 18.3 Å². The fourth-order valence-corrected chi connectivity index (χ4v) is 5.08. The maximum absolute atomic E-state index is 11.7. The van der Waals surface area contributed by atoms with E-state index in [2.05, 4.69) is 15.6 Å². The molecule has 0 bridgehead atoms. The third kappa shape index (κ3) is 3.98. The molecule has 2 atom stereocenters. The summed E-state index contributed by atoms with van der Waals surface area (Å²) in [5.74, 6) is 0.393. The van der Waals surface area contributed by atoms with Crippen LogP contribution in [0.15, 0.2) is 54.7 Å². The summed E-state index contributed by atoms with van der Waals surface area (Å²) in [4.78, 5) is 19.3. The van der Waals surface area contributed by atoms with E-state index in [0.717, 1.165) is 16.3 Å². The number of anilines is 2. The molecule has 0 aliphatic carbocycles. The number of amides is 1. The van der Waals surface area contributed by atoms with Crippen molar-refractivity contribution in [1.29, 1.82) is 0 Å². The number of carbonyl (C=O) groups excluding carboxylic acids is 1. The van der Waals surface area contributed by atoms with E-state index in [9.17, 15) is 4.79 Å². The van der Waals surface area contributed by atoms with Gasteiger partial charge in [-0.25, -0.2) is 0 Å². The number of pyridine rings is 1. The standard InChI is InChI=1S/C21H19ClN4O2S2/c1-12(27)24-15-11-13(6-7-16(15)28-2)26-20(17-8-9-18(22)30-17)19(25-21(26)29)14-5-3-4-10-23-14/h3-11,19-20H,1-2H3,(H,24,27)(H,25,29). The van der Waals surface area contributed by atoms with Gasteiger partial charge < -0.3 is 20.3 Å². The van der Waals surface area contributed by atoms with Crippen LogP contribution < -0.4 is 20.3 Å². The van der Waals surface area contributed by atoms with Gasteiger partial charge in [0.25, 0.3) is 0 Å². The zero-order chi connectivity index (χ0) is 21.3. The second-order valence-corrected chi connectivity index (χ2v) is 8.84. The summed E-state index contributed by atoms with van der Waals surface area (Å²) in [7, 11) is 1.57. The molecule has 1 amide bonds. The molecule has 9 heteroatoms. The van der Waals surface area contributed by atoms with Crippen LogP contribution in [-0.4, -0.2) is 23.1 Å². The van der Waals surface area contributed by atoms with Crippen molar-refractivity contribution < 1.29 is 9.53 Å². The van der Waals surface area contributed by atoms with Crippen LogP contribution >= 0.6 is 35.2 Å². The summed E-state index contributed by atoms with van der Waals surface area (Å²) in [6.07, 6.45) is 1.77. The summed E-state index contributed by atoms with van der Waals surface area (Å²) in [6.45, 7) is 1.46. The first-order chi connectivity index (χ1) is 14.5. The highest BCUT2D eigenvalue weighted by Crippen LogP contribution is 2.45. The largest absolute Gasteiger partial charge is 0.495 e. The van der Waals surface area contributed by atoms with E-state index in [-0.39, 0.29) is 18.0 Å². The Bertz CT molecular complexity index is 1090. The molecule has 0 radical (unpaired) electrons. The number of rotatable bonds is 5. The summed E-state index contributed by atoms with van der Waals surface area (Å²) in [5, 5.41) is 6.79. The van der Waals surface area contributed by atoms with Crippen LogP contribution in [0, 0.1) is 0 Å². The van der Waals surface area contributed by atoms with Gasteiger partial charge in [0.15, 0.2) is 5.11 Å². The highest BCUT2D eigenvalue weighted by Gasteiger charge is 2.41. The highest BCUT2D eigenvalue weighted by atomic mass is 35.5. The molecule has 0 saturated carbocycles. The van der Waals surface area contributed by atoms with E-state index in [4.69, 9.17) is 28.6 Å². The quantitative estimate of drug-likeness (QED) is 0.528. The third-order valence-electron chi connectivity index (χ3n) is 4.76. The van der Waals surface area contributed by atoms with Crippen molar-refractivity contribution in [3.8, 4) is 5.75 Å². The van der Waals surface area contributed by atoms with Gasteiger partial charge in [0.2, 0.25) is 5.91 Å². The number of halogens is 1. The van der Waals surface area contributed by atoms with Crippen LogP contribution in [-0.2, 0) is 4.79 Å². The van der Waals surface area contributed by atoms with Crippen molar-refractivity contribution in [3.63, 3.8) is 0 Å². The molecule has 3 heterocycles. The zero-order valence-electron chi connectivity index (χ0n) is 16.3. The van der Waals surface area contributed by atoms with Crippen molar-refractivity contribution in [2.75, 3.05) is 17.3 Å². The van der Waals surface area contributed by atoms with Crippen molar-refractivity contribution >= 4 is 57.5 Å². The van der Waals surface area contributed by atoms with Crippen LogP contribution in [0.3, 0.4) is 0 Å². The molecular weight excluding hydrogens is 440 g/mol. The Morgan fingerprint density at radius 1 is 1.30 bits per heavy atom. The Kier molecular flexibility index (Phi) is 5.90. The second-order valence-electron chi connectivity index (χ2n) is 6.70. The number of thiocarbonyl (C=S) groups is 1. The maximum atomic E-state index is 11.7. The van der Waals surface area contributed by atoms with Gasteiger partial charge in [-0.05, 0) is 54.7 Å². The van der Waals surface area contributed by atoms with E-state index >= 15 is 0 Å². The molecule has 2 aromatic heterocycles. The Balaban J connectivity index is 1.81. The number of ether oxygens (including phenoxy) is 1. The Hall–Kier alpha value is -2.68. The molecule has 30 heavy (non-hydrogen) atoms. The lowest BCUT2D eigenvalue weighted by Gasteiger charge is -2.27. The SMILES string of the molecule is COc1ccc(N2C(=S)NC(c3ccccn3)C2c2ccc(Cl)s2)cc1NC(C)=O. The lowest BCUT2D eigenvalue weighted by molar-refractivity contribution is -0.114. The molecule has 1 fully saturated rings. The van der Waals surface area contributed by atoms with Crippen LogP contribution in [0.2, 0.25) is 4.34 Å². The summed E-state index contributed by atoms with van der Waals surface area (Å²) in [5.41, 5.74) is 2.28. The number of thiophene rings is 1. The van der Waals surface area contributed by atoms with Gasteiger partial charge in [-0.15, -0.1) is 11.3 Å². The van der Waals surface area contributed by atoms with Gasteiger partial charge >= 0.3 is 0 Å². The topological polar surface area (TPSA) is 66.5 Å². The molecule has 1 aliphatic rings. The number of hydrogen-bond donors (Lipinski definition) is 2. The van der Waals surface area contributed by atoms with E-state index in [0.29, 0.717) is 20.9 Å². The number of aromatic nitrogens is 1. The van der Waals surface area contributed by atoms with Gasteiger partial charge in [-0.3, -0.25) is 9.78 Å². The molecule has 3 aromatic rings. The normalized spacial score (nSPS) is 18.2. The average molecular weight is 459 g/mol. The Morgan fingerprint density at radius 3 is 2.77 bits per heavy atom. The minimum atomic E-state index is -0.180. The number of benzene rings is 1. The lowest BCUT2D eigenvalue weighted by Crippen LogP contribution is -2.29. The first kappa shape index (κ1) is 20.6. The van der Waals surface area contributed by atoms with Gasteiger partial charge in [0.05, 0.1) is 34.9 Å². The van der Waals surface area contributed by atoms with Crippen molar-refractivity contribution in [2.45, 2.75) is 19.0 Å². The molecule has 154 valence electrons. The molecule has 2 unspecified atom stereocenters. The summed E-state index contributed by atoms with van der Waals surface area (Å²) >= 11 is 13.5. The number of methoxy groups -OCH3 is 1. The van der Waals surface area contributed by atoms with E-state index in [1.807, 2.05) is 53.4 Å². The Labute approximate surface area is 188 Å². The molecule has 1 saturated heterocycles. The lowest BCUT2D eigenvalue weighted by atomic mass is 10.0. The predicted molar refractivity (Wildman–Crippen MR) is 125 cm³/mol. The molecular formula is C21H19ClN4O2S2. The van der Waals surface area contributed by atoms with Crippen LogP contribution in [0.25, 0.3) is 0 Å². The van der Waals surface area contributed by atoms with Gasteiger partial charge in [0.1, 0.15) is 5.75 Å². The number of carbonyl (C=O) groups is 1. The van der Waals surface area contributed by atoms with E-state index in [1.54, 1.807) is 13.3 Å². The Morgan fingerprint density at radius 2 is 2.13 bits per heavy atom.